The zero-order valence-corrected chi connectivity index (χ0v) is 24.7. The number of carboxylic acid groups (broad SMARTS) is 1. The summed E-state index contributed by atoms with van der Waals surface area (Å²) in [6.45, 7) is 3.76. The summed E-state index contributed by atoms with van der Waals surface area (Å²) in [4.78, 5) is 39.6. The minimum Gasteiger partial charge on any atom is -0.495 e. The summed E-state index contributed by atoms with van der Waals surface area (Å²) in [7, 11) is 1.51. The molecule has 226 valence electrons. The van der Waals surface area contributed by atoms with Crippen LogP contribution in [-0.2, 0) is 22.6 Å². The molecule has 9 nitrogen and oxygen atoms in total. The number of aliphatic carboxylic acids is 1. The fourth-order valence-corrected chi connectivity index (χ4v) is 5.59. The lowest BCUT2D eigenvalue weighted by Crippen LogP contribution is -2.23. The summed E-state index contributed by atoms with van der Waals surface area (Å²) in [5.74, 6) is -1.22. The number of urea groups is 1. The second kappa shape index (κ2) is 13.9. The number of hydrogen-bond acceptors (Lipinski definition) is 5. The van der Waals surface area contributed by atoms with Crippen LogP contribution in [0.15, 0.2) is 97.1 Å². The molecule has 44 heavy (non-hydrogen) atoms. The van der Waals surface area contributed by atoms with Crippen LogP contribution in [0.3, 0.4) is 0 Å². The van der Waals surface area contributed by atoms with Crippen LogP contribution in [0.5, 0.6) is 5.75 Å². The molecular formula is C35H36N4O5. The predicted octanol–water partition coefficient (Wildman–Crippen LogP) is 6.13. The predicted molar refractivity (Wildman–Crippen MR) is 171 cm³/mol. The quantitative estimate of drug-likeness (QED) is 0.176. The Hall–Kier alpha value is -5.15. The van der Waals surface area contributed by atoms with Crippen molar-refractivity contribution in [3.8, 4) is 5.75 Å². The molecule has 1 aliphatic rings. The third-order valence-corrected chi connectivity index (χ3v) is 7.86. The van der Waals surface area contributed by atoms with Gasteiger partial charge in [0.1, 0.15) is 5.75 Å². The summed E-state index contributed by atoms with van der Waals surface area (Å²) in [6.07, 6.45) is 0.103. The number of nitrogens with one attached hydrogen (secondary N) is 3. The highest BCUT2D eigenvalue weighted by molar-refractivity contribution is 6.01. The lowest BCUT2D eigenvalue weighted by Gasteiger charge is -2.17. The minimum absolute atomic E-state index is 0.103. The second-order valence-electron chi connectivity index (χ2n) is 11.0. The molecule has 4 aromatic rings. The fourth-order valence-electron chi connectivity index (χ4n) is 5.59. The molecule has 1 heterocycles. The number of nitrogens with zero attached hydrogens (tertiary/aromatic N) is 1. The molecule has 1 fully saturated rings. The van der Waals surface area contributed by atoms with Gasteiger partial charge in [0, 0.05) is 36.9 Å². The van der Waals surface area contributed by atoms with Gasteiger partial charge in [-0.05, 0) is 59.5 Å². The van der Waals surface area contributed by atoms with E-state index in [-0.39, 0.29) is 18.2 Å². The van der Waals surface area contributed by atoms with Gasteiger partial charge in [-0.2, -0.15) is 0 Å². The van der Waals surface area contributed by atoms with Gasteiger partial charge in [0.25, 0.3) is 0 Å². The molecule has 0 bridgehead atoms. The molecule has 0 aromatic heterocycles. The summed E-state index contributed by atoms with van der Waals surface area (Å²) >= 11 is 0. The van der Waals surface area contributed by atoms with Gasteiger partial charge in [-0.15, -0.1) is 0 Å². The maximum absolute atomic E-state index is 12.9. The molecule has 0 spiro atoms. The number of methoxy groups -OCH3 is 1. The number of ether oxygens (including phenoxy) is 1. The largest absolute Gasteiger partial charge is 0.495 e. The first-order chi connectivity index (χ1) is 21.3. The zero-order valence-electron chi connectivity index (χ0n) is 24.7. The van der Waals surface area contributed by atoms with Crippen LogP contribution < -0.4 is 20.7 Å². The molecule has 1 aliphatic heterocycles. The number of amides is 3. The highest BCUT2D eigenvalue weighted by Gasteiger charge is 2.38. The number of hydrogen-bond donors (Lipinski definition) is 4. The molecule has 0 saturated carbocycles. The molecule has 1 saturated heterocycles. The van der Waals surface area contributed by atoms with Crippen LogP contribution in [0.1, 0.15) is 28.2 Å². The Morgan fingerprint density at radius 1 is 0.818 bits per heavy atom. The lowest BCUT2D eigenvalue weighted by molar-refractivity contribution is -0.141. The molecular weight excluding hydrogens is 556 g/mol. The Morgan fingerprint density at radius 3 is 2.23 bits per heavy atom. The normalized spacial score (nSPS) is 16.2. The molecule has 4 aromatic carbocycles. The van der Waals surface area contributed by atoms with E-state index < -0.39 is 17.9 Å². The fraction of sp³-hybridized carbons (Fsp3) is 0.229. The highest BCUT2D eigenvalue weighted by atomic mass is 16.5. The van der Waals surface area contributed by atoms with Crippen molar-refractivity contribution in [3.05, 3.63) is 119 Å². The third kappa shape index (κ3) is 7.62. The van der Waals surface area contributed by atoms with Gasteiger partial charge >= 0.3 is 12.0 Å². The Balaban J connectivity index is 1.17. The average molecular weight is 593 g/mol. The van der Waals surface area contributed by atoms with Crippen molar-refractivity contribution in [3.63, 3.8) is 0 Å². The Labute approximate surface area is 256 Å². The maximum Gasteiger partial charge on any atom is 0.323 e. The lowest BCUT2D eigenvalue weighted by atomic mass is 9.89. The van der Waals surface area contributed by atoms with Crippen molar-refractivity contribution in [2.75, 3.05) is 36.1 Å². The zero-order chi connectivity index (χ0) is 31.1. The van der Waals surface area contributed by atoms with Crippen molar-refractivity contribution < 1.29 is 24.2 Å². The number of anilines is 3. The smallest absolute Gasteiger partial charge is 0.323 e. The third-order valence-electron chi connectivity index (χ3n) is 7.86. The van der Waals surface area contributed by atoms with Crippen LogP contribution in [0.4, 0.5) is 21.9 Å². The summed E-state index contributed by atoms with van der Waals surface area (Å²) in [6, 6.07) is 29.7. The van der Waals surface area contributed by atoms with Crippen LogP contribution >= 0.6 is 0 Å². The number of benzene rings is 4. The first kappa shape index (κ1) is 30.3. The first-order valence-electron chi connectivity index (χ1n) is 14.5. The standard InChI is InChI=1S/C35H36N4O5/c1-23-8-6-7-11-30(23)37-35(43)38-31-17-12-25(18-32(31)44-2)19-33(40)36-27-15-13-26(14-16-27)28-21-39(22-29(28)34(41)42)20-24-9-4-3-5-10-24/h3-18,28-29H,19-22H2,1-2H3,(H,36,40)(H,41,42)(H2,37,38,43). The van der Waals surface area contributed by atoms with E-state index in [2.05, 4.69) is 20.9 Å². The molecule has 0 radical (unpaired) electrons. The van der Waals surface area contributed by atoms with E-state index in [1.807, 2.05) is 85.8 Å². The number of rotatable bonds is 10. The van der Waals surface area contributed by atoms with E-state index in [1.54, 1.807) is 18.2 Å². The van der Waals surface area contributed by atoms with E-state index in [1.165, 1.54) is 7.11 Å². The van der Waals surface area contributed by atoms with Crippen molar-refractivity contribution in [1.82, 2.24) is 4.90 Å². The van der Waals surface area contributed by atoms with Crippen molar-refractivity contribution in [2.45, 2.75) is 25.8 Å². The number of para-hydroxylation sites is 1. The SMILES string of the molecule is COc1cc(CC(=O)Nc2ccc(C3CN(Cc4ccccc4)CC3C(=O)O)cc2)ccc1NC(=O)Nc1ccccc1C. The van der Waals surface area contributed by atoms with E-state index >= 15 is 0 Å². The average Bonchev–Trinajstić information content (AvgIpc) is 3.44. The summed E-state index contributed by atoms with van der Waals surface area (Å²) < 4.78 is 5.47. The van der Waals surface area contributed by atoms with Crippen LogP contribution in [-0.4, -0.2) is 48.1 Å². The van der Waals surface area contributed by atoms with E-state index in [0.717, 1.165) is 22.3 Å². The Morgan fingerprint density at radius 2 is 1.52 bits per heavy atom. The van der Waals surface area contributed by atoms with Crippen LogP contribution in [0, 0.1) is 12.8 Å². The topological polar surface area (TPSA) is 120 Å². The van der Waals surface area contributed by atoms with E-state index in [9.17, 15) is 19.5 Å². The van der Waals surface area contributed by atoms with E-state index in [0.29, 0.717) is 42.4 Å². The van der Waals surface area contributed by atoms with Gasteiger partial charge < -0.3 is 25.8 Å². The van der Waals surface area contributed by atoms with Crippen molar-refractivity contribution in [1.29, 1.82) is 0 Å². The Kier molecular flexibility index (Phi) is 9.56. The number of carbonyl (C=O) groups excluding carboxylic acids is 2. The van der Waals surface area contributed by atoms with Gasteiger partial charge in [-0.3, -0.25) is 14.5 Å². The van der Waals surface area contributed by atoms with E-state index in [4.69, 9.17) is 4.74 Å². The summed E-state index contributed by atoms with van der Waals surface area (Å²) in [5, 5.41) is 18.4. The molecule has 3 amide bonds. The van der Waals surface area contributed by atoms with Crippen molar-refractivity contribution in [2.24, 2.45) is 5.92 Å². The number of likely N-dealkylation sites (tertiary alicyclic amines) is 1. The first-order valence-corrected chi connectivity index (χ1v) is 14.5. The molecule has 2 unspecified atom stereocenters. The summed E-state index contributed by atoms with van der Waals surface area (Å²) in [5.41, 5.74) is 5.57. The molecule has 0 aliphatic carbocycles. The van der Waals surface area contributed by atoms with Gasteiger partial charge in [0.05, 0.1) is 25.1 Å². The molecule has 9 heteroatoms. The minimum atomic E-state index is -0.800. The number of carbonyl (C=O) groups is 3. The van der Waals surface area contributed by atoms with Crippen molar-refractivity contribution >= 4 is 35.0 Å². The second-order valence-corrected chi connectivity index (χ2v) is 11.0. The molecule has 4 N–H and O–H groups in total. The number of aryl methyl sites for hydroxylation is 1. The van der Waals surface area contributed by atoms with Gasteiger partial charge in [-0.25, -0.2) is 4.79 Å². The van der Waals surface area contributed by atoms with Gasteiger partial charge in [0.2, 0.25) is 5.91 Å². The molecule has 5 rings (SSSR count). The Bertz CT molecular complexity index is 1620. The van der Waals surface area contributed by atoms with Gasteiger partial charge in [0.15, 0.2) is 0 Å². The van der Waals surface area contributed by atoms with Crippen LogP contribution in [0.2, 0.25) is 0 Å². The monoisotopic (exact) mass is 592 g/mol. The van der Waals surface area contributed by atoms with Gasteiger partial charge in [-0.1, -0.05) is 66.7 Å². The van der Waals surface area contributed by atoms with Crippen LogP contribution in [0.25, 0.3) is 0 Å². The highest BCUT2D eigenvalue weighted by Crippen LogP contribution is 2.34. The number of carboxylic acids is 1. The molecule has 2 atom stereocenters. The maximum atomic E-state index is 12.9.